The summed E-state index contributed by atoms with van der Waals surface area (Å²) in [4.78, 5) is 3.94. The minimum atomic E-state index is -3.81. The van der Waals surface area contributed by atoms with E-state index in [4.69, 9.17) is 21.1 Å². The second kappa shape index (κ2) is 7.87. The summed E-state index contributed by atoms with van der Waals surface area (Å²) >= 11 is 6.03. The maximum absolute atomic E-state index is 12.8. The number of rotatable bonds is 8. The van der Waals surface area contributed by atoms with E-state index in [0.29, 0.717) is 13.0 Å². The molecule has 1 atom stereocenters. The van der Waals surface area contributed by atoms with Crippen molar-refractivity contribution in [3.63, 3.8) is 0 Å². The number of aromatic nitrogens is 2. The highest BCUT2D eigenvalue weighted by Gasteiger charge is 2.25. The van der Waals surface area contributed by atoms with Crippen molar-refractivity contribution >= 4 is 21.6 Å². The Hall–Kier alpha value is -1.77. The first-order valence-electron chi connectivity index (χ1n) is 7.30. The van der Waals surface area contributed by atoms with Gasteiger partial charge in [-0.3, -0.25) is 0 Å². The molecule has 1 aromatic heterocycles. The fourth-order valence-electron chi connectivity index (χ4n) is 2.22. The molecule has 0 bridgehead atoms. The molecule has 24 heavy (non-hydrogen) atoms. The average Bonchev–Trinajstić information content (AvgIpc) is 3.06. The molecule has 132 valence electrons. The number of imidazole rings is 1. The molecule has 2 rings (SSSR count). The normalized spacial score (nSPS) is 12.8. The number of halogens is 1. The predicted molar refractivity (Wildman–Crippen MR) is 91.2 cm³/mol. The second-order valence-electron chi connectivity index (χ2n) is 5.12. The summed E-state index contributed by atoms with van der Waals surface area (Å²) in [5.41, 5.74) is 0. The molecule has 9 heteroatoms. The Balaban J connectivity index is 2.31. The molecule has 0 unspecified atom stereocenters. The highest BCUT2D eigenvalue weighted by molar-refractivity contribution is 7.89. The highest BCUT2D eigenvalue weighted by atomic mass is 35.5. The molecule has 0 fully saturated rings. The van der Waals surface area contributed by atoms with Gasteiger partial charge < -0.3 is 14.0 Å². The van der Waals surface area contributed by atoms with Gasteiger partial charge in [-0.2, -0.15) is 0 Å². The van der Waals surface area contributed by atoms with Crippen LogP contribution in [-0.4, -0.2) is 38.2 Å². The van der Waals surface area contributed by atoms with Gasteiger partial charge in [-0.15, -0.1) is 0 Å². The number of hydrogen-bond acceptors (Lipinski definition) is 5. The van der Waals surface area contributed by atoms with Crippen LogP contribution >= 0.6 is 11.6 Å². The van der Waals surface area contributed by atoms with Crippen LogP contribution in [0.25, 0.3) is 0 Å². The average molecular weight is 374 g/mol. The van der Waals surface area contributed by atoms with Crippen LogP contribution in [0.2, 0.25) is 5.02 Å². The van der Waals surface area contributed by atoms with Crippen LogP contribution in [0, 0.1) is 0 Å². The summed E-state index contributed by atoms with van der Waals surface area (Å²) in [6.45, 7) is 2.38. The Morgan fingerprint density at radius 3 is 2.54 bits per heavy atom. The Bertz CT molecular complexity index is 778. The zero-order chi connectivity index (χ0) is 17.7. The Morgan fingerprint density at radius 1 is 1.29 bits per heavy atom. The largest absolute Gasteiger partial charge is 0.495 e. The predicted octanol–water partition coefficient (Wildman–Crippen LogP) is 2.31. The summed E-state index contributed by atoms with van der Waals surface area (Å²) in [6.07, 6.45) is 5.68. The second-order valence-corrected chi connectivity index (χ2v) is 7.21. The minimum Gasteiger partial charge on any atom is -0.495 e. The van der Waals surface area contributed by atoms with E-state index in [1.54, 1.807) is 18.7 Å². The van der Waals surface area contributed by atoms with E-state index in [9.17, 15) is 8.42 Å². The van der Waals surface area contributed by atoms with Crippen molar-refractivity contribution in [2.75, 3.05) is 14.2 Å². The quantitative estimate of drug-likeness (QED) is 0.767. The lowest BCUT2D eigenvalue weighted by Gasteiger charge is -2.19. The Labute approximate surface area is 146 Å². The van der Waals surface area contributed by atoms with Crippen molar-refractivity contribution < 1.29 is 17.9 Å². The van der Waals surface area contributed by atoms with Gasteiger partial charge in [0.05, 0.1) is 25.6 Å². The third-order valence-corrected chi connectivity index (χ3v) is 5.37. The lowest BCUT2D eigenvalue weighted by molar-refractivity contribution is 0.391. The van der Waals surface area contributed by atoms with Gasteiger partial charge in [0.1, 0.15) is 16.4 Å². The monoisotopic (exact) mass is 373 g/mol. The van der Waals surface area contributed by atoms with Crippen LogP contribution in [0.15, 0.2) is 35.7 Å². The summed E-state index contributed by atoms with van der Waals surface area (Å²) in [5.74, 6) is 0.422. The molecule has 2 aromatic rings. The zero-order valence-electron chi connectivity index (χ0n) is 13.7. The van der Waals surface area contributed by atoms with Crippen molar-refractivity contribution in [3.8, 4) is 11.5 Å². The molecule has 0 saturated heterocycles. The number of hydrogen-bond donors (Lipinski definition) is 1. The zero-order valence-corrected chi connectivity index (χ0v) is 15.3. The molecule has 0 amide bonds. The van der Waals surface area contributed by atoms with Crippen LogP contribution in [-0.2, 0) is 16.6 Å². The van der Waals surface area contributed by atoms with Gasteiger partial charge in [0.2, 0.25) is 10.0 Å². The standard InChI is InChI=1S/C15H20ClN3O4S/c1-4-11(9-19-6-5-17-10-19)18-24(20,21)15-8-13(22-2)12(16)7-14(15)23-3/h5-8,10-11,18H,4,9H2,1-3H3/t11-/m1/s1. The molecular weight excluding hydrogens is 354 g/mol. The van der Waals surface area contributed by atoms with E-state index in [2.05, 4.69) is 9.71 Å². The number of nitrogens with one attached hydrogen (secondary N) is 1. The number of ether oxygens (including phenoxy) is 2. The molecule has 0 aliphatic rings. The molecular formula is C15H20ClN3O4S. The summed E-state index contributed by atoms with van der Waals surface area (Å²) in [7, 11) is -1.00. The molecule has 7 nitrogen and oxygen atoms in total. The van der Waals surface area contributed by atoms with Crippen molar-refractivity contribution in [1.29, 1.82) is 0 Å². The van der Waals surface area contributed by atoms with Gasteiger partial charge in [-0.25, -0.2) is 18.1 Å². The summed E-state index contributed by atoms with van der Waals surface area (Å²) in [6, 6.07) is 2.48. The Morgan fingerprint density at radius 2 is 2.00 bits per heavy atom. The topological polar surface area (TPSA) is 82.5 Å². The molecule has 1 heterocycles. The SMILES string of the molecule is CC[C@H](Cn1ccnc1)NS(=O)(=O)c1cc(OC)c(Cl)cc1OC. The molecule has 0 aliphatic heterocycles. The fraction of sp³-hybridized carbons (Fsp3) is 0.400. The minimum absolute atomic E-state index is 0.0182. The molecule has 0 saturated carbocycles. The van der Waals surface area contributed by atoms with E-state index >= 15 is 0 Å². The first kappa shape index (κ1) is 18.6. The summed E-state index contributed by atoms with van der Waals surface area (Å²) < 4.78 is 40.3. The van der Waals surface area contributed by atoms with Crippen LogP contribution in [0.3, 0.4) is 0 Å². The van der Waals surface area contributed by atoms with Crippen molar-refractivity contribution in [1.82, 2.24) is 14.3 Å². The first-order chi connectivity index (χ1) is 11.4. The fourth-order valence-corrected chi connectivity index (χ4v) is 3.93. The number of benzene rings is 1. The van der Waals surface area contributed by atoms with Crippen LogP contribution in [0.5, 0.6) is 11.5 Å². The van der Waals surface area contributed by atoms with Gasteiger partial charge in [0, 0.05) is 37.1 Å². The molecule has 0 aliphatic carbocycles. The van der Waals surface area contributed by atoms with E-state index < -0.39 is 10.0 Å². The van der Waals surface area contributed by atoms with Crippen molar-refractivity contribution in [2.24, 2.45) is 0 Å². The molecule has 0 radical (unpaired) electrons. The van der Waals surface area contributed by atoms with Crippen LogP contribution < -0.4 is 14.2 Å². The smallest absolute Gasteiger partial charge is 0.244 e. The van der Waals surface area contributed by atoms with Crippen LogP contribution in [0.1, 0.15) is 13.3 Å². The van der Waals surface area contributed by atoms with E-state index in [0.717, 1.165) is 0 Å². The van der Waals surface area contributed by atoms with Crippen molar-refractivity contribution in [2.45, 2.75) is 30.8 Å². The third kappa shape index (κ3) is 4.19. The van der Waals surface area contributed by atoms with E-state index in [1.165, 1.54) is 26.4 Å². The van der Waals surface area contributed by atoms with Gasteiger partial charge in [-0.05, 0) is 6.42 Å². The maximum atomic E-state index is 12.8. The number of methoxy groups -OCH3 is 2. The lowest BCUT2D eigenvalue weighted by Crippen LogP contribution is -2.37. The van der Waals surface area contributed by atoms with Gasteiger partial charge in [0.25, 0.3) is 0 Å². The van der Waals surface area contributed by atoms with Crippen LogP contribution in [0.4, 0.5) is 0 Å². The molecule has 0 spiro atoms. The van der Waals surface area contributed by atoms with Gasteiger partial charge in [-0.1, -0.05) is 18.5 Å². The van der Waals surface area contributed by atoms with Crippen molar-refractivity contribution in [3.05, 3.63) is 35.9 Å². The van der Waals surface area contributed by atoms with Gasteiger partial charge in [0.15, 0.2) is 0 Å². The lowest BCUT2D eigenvalue weighted by atomic mass is 10.2. The number of sulfonamides is 1. The molecule has 1 aromatic carbocycles. The highest BCUT2D eigenvalue weighted by Crippen LogP contribution is 2.35. The number of nitrogens with zero attached hydrogens (tertiary/aromatic N) is 2. The third-order valence-electron chi connectivity index (χ3n) is 3.53. The van der Waals surface area contributed by atoms with Gasteiger partial charge >= 0.3 is 0 Å². The van der Waals surface area contributed by atoms with E-state index in [-0.39, 0.29) is 27.5 Å². The van der Waals surface area contributed by atoms with E-state index in [1.807, 2.05) is 11.5 Å². The summed E-state index contributed by atoms with van der Waals surface area (Å²) in [5, 5.41) is 0.277. The Kier molecular flexibility index (Phi) is 6.09. The maximum Gasteiger partial charge on any atom is 0.244 e. The first-order valence-corrected chi connectivity index (χ1v) is 9.17. The molecule has 1 N–H and O–H groups in total.